The summed E-state index contributed by atoms with van der Waals surface area (Å²) in [6.07, 6.45) is 1.37. The molecule has 0 aromatic rings. The van der Waals surface area contributed by atoms with E-state index in [1.54, 1.807) is 13.8 Å². The standard InChI is InChI=1S/C9H15N3O5/c1-4-5-10-11(13)9(12(14)15)6-16-8(2,3)17-7-9/h4H,1,5-7H2,2-3H3. The van der Waals surface area contributed by atoms with Crippen molar-refractivity contribution in [2.24, 2.45) is 5.11 Å². The summed E-state index contributed by atoms with van der Waals surface area (Å²) >= 11 is 0. The average Bonchev–Trinajstić information content (AvgIpc) is 2.26. The Morgan fingerprint density at radius 1 is 1.41 bits per heavy atom. The molecule has 0 aliphatic carbocycles. The first kappa shape index (κ1) is 13.5. The molecule has 1 saturated heterocycles. The molecule has 1 heterocycles. The Bertz CT molecular complexity index is 343. The molecule has 0 saturated carbocycles. The van der Waals surface area contributed by atoms with Gasteiger partial charge in [0.25, 0.3) is 0 Å². The predicted molar refractivity (Wildman–Crippen MR) is 56.8 cm³/mol. The van der Waals surface area contributed by atoms with Gasteiger partial charge in [-0.3, -0.25) is 10.1 Å². The van der Waals surface area contributed by atoms with Crippen LogP contribution in [-0.4, -0.2) is 41.0 Å². The Labute approximate surface area is 98.2 Å². The van der Waals surface area contributed by atoms with Crippen LogP contribution < -0.4 is 0 Å². The van der Waals surface area contributed by atoms with Gasteiger partial charge in [-0.2, -0.15) is 0 Å². The second kappa shape index (κ2) is 4.76. The second-order valence-electron chi connectivity index (χ2n) is 4.10. The van der Waals surface area contributed by atoms with E-state index in [-0.39, 0.29) is 24.6 Å². The average molecular weight is 245 g/mol. The molecule has 0 amide bonds. The molecule has 1 aliphatic heterocycles. The molecule has 96 valence electrons. The van der Waals surface area contributed by atoms with Gasteiger partial charge in [0.05, 0.1) is 0 Å². The van der Waals surface area contributed by atoms with Gasteiger partial charge < -0.3 is 14.7 Å². The van der Waals surface area contributed by atoms with Gasteiger partial charge in [-0.1, -0.05) is 6.08 Å². The zero-order valence-electron chi connectivity index (χ0n) is 9.79. The predicted octanol–water partition coefficient (Wildman–Crippen LogP) is 0.891. The van der Waals surface area contributed by atoms with Crippen LogP contribution in [0, 0.1) is 15.3 Å². The largest absolute Gasteiger partial charge is 0.594 e. The highest BCUT2D eigenvalue weighted by Gasteiger charge is 2.59. The first-order valence-electron chi connectivity index (χ1n) is 5.02. The van der Waals surface area contributed by atoms with Gasteiger partial charge in [0.15, 0.2) is 19.0 Å². The maximum Gasteiger partial charge on any atom is 0.483 e. The van der Waals surface area contributed by atoms with Crippen molar-refractivity contribution in [1.29, 1.82) is 0 Å². The van der Waals surface area contributed by atoms with Gasteiger partial charge in [0, 0.05) is 0 Å². The minimum absolute atomic E-state index is 0.00246. The summed E-state index contributed by atoms with van der Waals surface area (Å²) in [5.74, 6) is -0.932. The summed E-state index contributed by atoms with van der Waals surface area (Å²) in [6.45, 7) is 5.86. The van der Waals surface area contributed by atoms with Gasteiger partial charge >= 0.3 is 5.66 Å². The lowest BCUT2D eigenvalue weighted by Crippen LogP contribution is -2.60. The van der Waals surface area contributed by atoms with Crippen molar-refractivity contribution < 1.29 is 19.3 Å². The van der Waals surface area contributed by atoms with Crippen molar-refractivity contribution >= 4 is 0 Å². The fourth-order valence-electron chi connectivity index (χ4n) is 1.21. The van der Waals surface area contributed by atoms with Gasteiger partial charge in [-0.25, -0.2) is 0 Å². The molecule has 1 rings (SSSR count). The van der Waals surface area contributed by atoms with Gasteiger partial charge in [-0.05, 0) is 23.8 Å². The van der Waals surface area contributed by atoms with Crippen molar-refractivity contribution in [1.82, 2.24) is 0 Å². The molecule has 0 N–H and O–H groups in total. The number of rotatable bonds is 4. The number of hydroxylamine groups is 1. The van der Waals surface area contributed by atoms with E-state index in [1.165, 1.54) is 6.08 Å². The minimum atomic E-state index is -2.02. The number of nitro groups is 1. The van der Waals surface area contributed by atoms with E-state index in [4.69, 9.17) is 9.47 Å². The third-order valence-corrected chi connectivity index (χ3v) is 2.34. The van der Waals surface area contributed by atoms with Crippen LogP contribution in [0.4, 0.5) is 0 Å². The molecular formula is C9H15N3O5. The van der Waals surface area contributed by atoms with Gasteiger partial charge in [0.2, 0.25) is 0 Å². The molecule has 17 heavy (non-hydrogen) atoms. The normalized spacial score (nSPS) is 23.1. The molecule has 0 aromatic carbocycles. The van der Waals surface area contributed by atoms with Gasteiger partial charge in [-0.15, -0.1) is 6.58 Å². The third-order valence-electron chi connectivity index (χ3n) is 2.34. The van der Waals surface area contributed by atoms with Crippen LogP contribution >= 0.6 is 0 Å². The highest BCUT2D eigenvalue weighted by atomic mass is 16.7. The Morgan fingerprint density at radius 2 is 1.94 bits per heavy atom. The lowest BCUT2D eigenvalue weighted by Gasteiger charge is -2.34. The summed E-state index contributed by atoms with van der Waals surface area (Å²) < 4.78 is 10.3. The number of azo groups is 1. The second-order valence-corrected chi connectivity index (χ2v) is 4.10. The SMILES string of the molecule is C=CCN=[N+]([O-])C1([N+](=O)[O-])COC(C)(C)OC1. The number of nitrogens with zero attached hydrogens (tertiary/aromatic N) is 3. The van der Waals surface area contributed by atoms with E-state index in [2.05, 4.69) is 11.7 Å². The number of hydrogen-bond acceptors (Lipinski definition) is 6. The Balaban J connectivity index is 2.93. The van der Waals surface area contributed by atoms with Crippen LogP contribution in [0.2, 0.25) is 0 Å². The molecule has 0 radical (unpaired) electrons. The van der Waals surface area contributed by atoms with E-state index < -0.39 is 16.4 Å². The summed E-state index contributed by atoms with van der Waals surface area (Å²) in [7, 11) is 0. The highest BCUT2D eigenvalue weighted by molar-refractivity contribution is 4.74. The van der Waals surface area contributed by atoms with E-state index >= 15 is 0 Å². The van der Waals surface area contributed by atoms with Crippen molar-refractivity contribution in [2.75, 3.05) is 19.8 Å². The van der Waals surface area contributed by atoms with Gasteiger partial charge in [0.1, 0.15) is 11.5 Å². The summed E-state index contributed by atoms with van der Waals surface area (Å²) in [4.78, 5) is 10.3. The maximum atomic E-state index is 11.6. The van der Waals surface area contributed by atoms with E-state index in [0.717, 1.165) is 0 Å². The highest BCUT2D eigenvalue weighted by Crippen LogP contribution is 2.26. The van der Waals surface area contributed by atoms with Crippen molar-refractivity contribution in [3.8, 4) is 0 Å². The maximum absolute atomic E-state index is 11.6. The number of hydrogen-bond donors (Lipinski definition) is 0. The quantitative estimate of drug-likeness (QED) is 0.183. The van der Waals surface area contributed by atoms with Crippen molar-refractivity contribution in [3.05, 3.63) is 28.0 Å². The van der Waals surface area contributed by atoms with Crippen molar-refractivity contribution in [3.63, 3.8) is 0 Å². The molecule has 8 nitrogen and oxygen atoms in total. The lowest BCUT2D eigenvalue weighted by molar-refractivity contribution is -0.827. The molecule has 1 fully saturated rings. The monoisotopic (exact) mass is 245 g/mol. The van der Waals surface area contributed by atoms with Crippen LogP contribution in [0.1, 0.15) is 13.8 Å². The summed E-state index contributed by atoms with van der Waals surface area (Å²) in [6, 6.07) is 0. The molecule has 0 aromatic heterocycles. The van der Waals surface area contributed by atoms with E-state index in [0.29, 0.717) is 0 Å². The Morgan fingerprint density at radius 3 is 2.35 bits per heavy atom. The zero-order chi connectivity index (χ0) is 13.1. The minimum Gasteiger partial charge on any atom is -0.594 e. The molecule has 8 heteroatoms. The first-order chi connectivity index (χ1) is 7.84. The molecule has 0 spiro atoms. The summed E-state index contributed by atoms with van der Waals surface area (Å²) in [5, 5.41) is 26.1. The topological polar surface area (TPSA) is 100 Å². The fraction of sp³-hybridized carbons (Fsp3) is 0.778. The zero-order valence-corrected chi connectivity index (χ0v) is 9.79. The smallest absolute Gasteiger partial charge is 0.483 e. The van der Waals surface area contributed by atoms with Crippen LogP contribution in [0.3, 0.4) is 0 Å². The molecule has 1 aliphatic rings. The van der Waals surface area contributed by atoms with Crippen LogP contribution in [0.5, 0.6) is 0 Å². The third kappa shape index (κ3) is 2.77. The molecular weight excluding hydrogens is 230 g/mol. The summed E-state index contributed by atoms with van der Waals surface area (Å²) in [5.41, 5.74) is -2.02. The Kier molecular flexibility index (Phi) is 3.79. The molecule has 0 bridgehead atoms. The Hall–Kier alpha value is -1.54. The first-order valence-corrected chi connectivity index (χ1v) is 5.02. The van der Waals surface area contributed by atoms with Crippen LogP contribution in [-0.2, 0) is 9.47 Å². The fourth-order valence-corrected chi connectivity index (χ4v) is 1.21. The molecule has 0 unspecified atom stereocenters. The van der Waals surface area contributed by atoms with E-state index in [1.807, 2.05) is 0 Å². The van der Waals surface area contributed by atoms with E-state index in [9.17, 15) is 15.3 Å². The lowest BCUT2D eigenvalue weighted by atomic mass is 10.2. The molecule has 0 atom stereocenters. The number of ether oxygens (including phenoxy) is 2. The van der Waals surface area contributed by atoms with Crippen molar-refractivity contribution in [2.45, 2.75) is 25.3 Å². The van der Waals surface area contributed by atoms with Crippen LogP contribution in [0.15, 0.2) is 17.8 Å². The van der Waals surface area contributed by atoms with Crippen LogP contribution in [0.25, 0.3) is 0 Å².